The van der Waals surface area contributed by atoms with Gasteiger partial charge in [0.25, 0.3) is 0 Å². The zero-order valence-corrected chi connectivity index (χ0v) is 20.6. The number of aliphatic hydroxyl groups is 2. The lowest BCUT2D eigenvalue weighted by Crippen LogP contribution is -2.58. The largest absolute Gasteiger partial charge is 0.493 e. The van der Waals surface area contributed by atoms with Crippen LogP contribution in [0, 0.1) is 0 Å². The van der Waals surface area contributed by atoms with Crippen molar-refractivity contribution in [3.8, 4) is 11.5 Å². The molecule has 2 amide bonds. The summed E-state index contributed by atoms with van der Waals surface area (Å²) < 4.78 is 17.0. The standard InChI is InChI=1S/C26H34N2O8/c1-3-35-14-21(31)28(16-6-4-5-7-16)19-12-18(26(33)27-8-9-29)22-17-10-15(13-30)11-20(34-2)24(17)36-25(22)23(19)32/h10-13,16,19,22-23,25,29,32H,3-9,14H2,1-2H3,(H,27,33). The maximum Gasteiger partial charge on any atom is 0.249 e. The first-order valence-electron chi connectivity index (χ1n) is 12.5. The highest BCUT2D eigenvalue weighted by molar-refractivity contribution is 5.96. The number of ether oxygens (including phenoxy) is 3. The first kappa shape index (κ1) is 26.1. The highest BCUT2D eigenvalue weighted by Gasteiger charge is 2.52. The van der Waals surface area contributed by atoms with Crippen molar-refractivity contribution in [2.24, 2.45) is 0 Å². The number of hydrogen-bond donors (Lipinski definition) is 3. The van der Waals surface area contributed by atoms with Crippen molar-refractivity contribution in [2.45, 2.75) is 62.8 Å². The molecule has 1 aromatic carbocycles. The number of nitrogens with one attached hydrogen (secondary N) is 1. The van der Waals surface area contributed by atoms with Crippen LogP contribution in [0.2, 0.25) is 0 Å². The van der Waals surface area contributed by atoms with Gasteiger partial charge in [-0.05, 0) is 38.0 Å². The molecule has 0 radical (unpaired) electrons. The first-order valence-corrected chi connectivity index (χ1v) is 12.5. The first-order chi connectivity index (χ1) is 17.4. The van der Waals surface area contributed by atoms with E-state index in [4.69, 9.17) is 14.2 Å². The highest BCUT2D eigenvalue weighted by Crippen LogP contribution is 2.51. The van der Waals surface area contributed by atoms with E-state index in [-0.39, 0.29) is 31.7 Å². The molecule has 3 N–H and O–H groups in total. The maximum atomic E-state index is 13.3. The van der Waals surface area contributed by atoms with Crippen LogP contribution in [0.25, 0.3) is 0 Å². The normalized spacial score (nSPS) is 24.8. The van der Waals surface area contributed by atoms with Gasteiger partial charge in [0, 0.05) is 35.9 Å². The predicted octanol–water partition coefficient (Wildman–Crippen LogP) is 0.938. The third-order valence-electron chi connectivity index (χ3n) is 7.17. The number of benzene rings is 1. The van der Waals surface area contributed by atoms with Crippen LogP contribution < -0.4 is 14.8 Å². The van der Waals surface area contributed by atoms with Crippen molar-refractivity contribution >= 4 is 18.1 Å². The fourth-order valence-electron chi connectivity index (χ4n) is 5.59. The summed E-state index contributed by atoms with van der Waals surface area (Å²) in [5.74, 6) is -0.707. The molecule has 196 valence electrons. The molecule has 1 aliphatic heterocycles. The summed E-state index contributed by atoms with van der Waals surface area (Å²) in [6.45, 7) is 1.87. The maximum absolute atomic E-state index is 13.3. The number of amides is 2. The number of aliphatic hydroxyl groups excluding tert-OH is 2. The second-order valence-electron chi connectivity index (χ2n) is 9.28. The van der Waals surface area contributed by atoms with Gasteiger partial charge in [-0.1, -0.05) is 12.8 Å². The number of fused-ring (bicyclic) bond motifs is 3. The van der Waals surface area contributed by atoms with Gasteiger partial charge in [-0.3, -0.25) is 14.4 Å². The van der Waals surface area contributed by atoms with Gasteiger partial charge >= 0.3 is 0 Å². The van der Waals surface area contributed by atoms with E-state index in [1.54, 1.807) is 30.0 Å². The van der Waals surface area contributed by atoms with E-state index in [2.05, 4.69) is 5.32 Å². The fourth-order valence-corrected chi connectivity index (χ4v) is 5.59. The van der Waals surface area contributed by atoms with Gasteiger partial charge in [-0.2, -0.15) is 0 Å². The zero-order valence-electron chi connectivity index (χ0n) is 20.6. The summed E-state index contributed by atoms with van der Waals surface area (Å²) in [7, 11) is 1.45. The molecule has 1 fully saturated rings. The Hall–Kier alpha value is -2.95. The average molecular weight is 503 g/mol. The molecule has 0 bridgehead atoms. The Kier molecular flexibility index (Phi) is 8.28. The molecular formula is C26H34N2O8. The van der Waals surface area contributed by atoms with Crippen LogP contribution in [0.5, 0.6) is 11.5 Å². The minimum Gasteiger partial charge on any atom is -0.493 e. The van der Waals surface area contributed by atoms with Crippen LogP contribution in [0.15, 0.2) is 23.8 Å². The van der Waals surface area contributed by atoms with E-state index < -0.39 is 30.1 Å². The van der Waals surface area contributed by atoms with Gasteiger partial charge in [-0.15, -0.1) is 0 Å². The second-order valence-corrected chi connectivity index (χ2v) is 9.28. The molecule has 0 aromatic heterocycles. The van der Waals surface area contributed by atoms with Gasteiger partial charge in [-0.25, -0.2) is 0 Å². The Morgan fingerprint density at radius 1 is 1.28 bits per heavy atom. The third-order valence-corrected chi connectivity index (χ3v) is 7.17. The van der Waals surface area contributed by atoms with Crippen LogP contribution >= 0.6 is 0 Å². The molecule has 3 aliphatic rings. The van der Waals surface area contributed by atoms with Crippen molar-refractivity contribution in [3.63, 3.8) is 0 Å². The lowest BCUT2D eigenvalue weighted by Gasteiger charge is -2.43. The van der Waals surface area contributed by atoms with Gasteiger partial charge in [0.15, 0.2) is 11.5 Å². The Morgan fingerprint density at radius 2 is 2.03 bits per heavy atom. The second kappa shape index (κ2) is 11.4. The lowest BCUT2D eigenvalue weighted by molar-refractivity contribution is -0.145. The van der Waals surface area contributed by atoms with Crippen LogP contribution in [0.3, 0.4) is 0 Å². The summed E-state index contributed by atoms with van der Waals surface area (Å²) in [4.78, 5) is 39.8. The number of methoxy groups -OCH3 is 1. The summed E-state index contributed by atoms with van der Waals surface area (Å²) >= 11 is 0. The molecule has 2 aliphatic carbocycles. The monoisotopic (exact) mass is 502 g/mol. The molecular weight excluding hydrogens is 468 g/mol. The van der Waals surface area contributed by atoms with Gasteiger partial charge < -0.3 is 34.6 Å². The molecule has 4 unspecified atom stereocenters. The number of aldehydes is 1. The summed E-state index contributed by atoms with van der Waals surface area (Å²) in [5.41, 5.74) is 1.21. The Bertz CT molecular complexity index is 1020. The average Bonchev–Trinajstić information content (AvgIpc) is 3.55. The SMILES string of the molecule is CCOCC(=O)N(C1CCCC1)C1C=C(C(=O)NCCO)C2c3cc(C=O)cc(OC)c3OC2C1O. The zero-order chi connectivity index (χ0) is 25.8. The molecule has 10 heteroatoms. The number of hydrogen-bond acceptors (Lipinski definition) is 8. The van der Waals surface area contributed by atoms with Crippen LogP contribution in [0.4, 0.5) is 0 Å². The summed E-state index contributed by atoms with van der Waals surface area (Å²) in [5, 5.41) is 23.5. The Morgan fingerprint density at radius 3 is 2.67 bits per heavy atom. The minimum atomic E-state index is -1.15. The minimum absolute atomic E-state index is 0.0435. The number of rotatable bonds is 10. The van der Waals surface area contributed by atoms with Crippen molar-refractivity contribution in [2.75, 3.05) is 33.5 Å². The van der Waals surface area contributed by atoms with E-state index in [1.165, 1.54) is 7.11 Å². The highest BCUT2D eigenvalue weighted by atomic mass is 16.5. The molecule has 1 heterocycles. The van der Waals surface area contributed by atoms with Crippen LogP contribution in [-0.2, 0) is 14.3 Å². The van der Waals surface area contributed by atoms with Crippen molar-refractivity contribution in [1.29, 1.82) is 0 Å². The summed E-state index contributed by atoms with van der Waals surface area (Å²) in [6, 6.07) is 2.26. The lowest BCUT2D eigenvalue weighted by atomic mass is 9.77. The molecule has 1 aromatic rings. The van der Waals surface area contributed by atoms with E-state index in [1.807, 2.05) is 0 Å². The topological polar surface area (TPSA) is 135 Å². The van der Waals surface area contributed by atoms with E-state index in [0.717, 1.165) is 25.7 Å². The molecule has 4 atom stereocenters. The van der Waals surface area contributed by atoms with Gasteiger partial charge in [0.1, 0.15) is 25.1 Å². The van der Waals surface area contributed by atoms with E-state index in [9.17, 15) is 24.6 Å². The van der Waals surface area contributed by atoms with Gasteiger partial charge in [0.05, 0.1) is 25.7 Å². The molecule has 0 saturated heterocycles. The van der Waals surface area contributed by atoms with Crippen molar-refractivity contribution < 1.29 is 38.8 Å². The molecule has 0 spiro atoms. The molecule has 4 rings (SSSR count). The van der Waals surface area contributed by atoms with Crippen LogP contribution in [-0.4, -0.2) is 91.0 Å². The number of carbonyl (C=O) groups is 3. The molecule has 36 heavy (non-hydrogen) atoms. The predicted molar refractivity (Wildman–Crippen MR) is 129 cm³/mol. The van der Waals surface area contributed by atoms with E-state index in [0.29, 0.717) is 41.1 Å². The molecule has 1 saturated carbocycles. The Labute approximate surface area is 210 Å². The molecule has 10 nitrogen and oxygen atoms in total. The van der Waals surface area contributed by atoms with Crippen molar-refractivity contribution in [3.05, 3.63) is 34.9 Å². The van der Waals surface area contributed by atoms with Crippen molar-refractivity contribution in [1.82, 2.24) is 10.2 Å². The van der Waals surface area contributed by atoms with E-state index >= 15 is 0 Å². The van der Waals surface area contributed by atoms with Crippen LogP contribution in [0.1, 0.15) is 54.4 Å². The smallest absolute Gasteiger partial charge is 0.249 e. The fraction of sp³-hybridized carbons (Fsp3) is 0.577. The quantitative estimate of drug-likeness (QED) is 0.403. The number of carbonyl (C=O) groups excluding carboxylic acids is 3. The third kappa shape index (κ3) is 4.85. The van der Waals surface area contributed by atoms with Gasteiger partial charge in [0.2, 0.25) is 11.8 Å². The summed E-state index contributed by atoms with van der Waals surface area (Å²) in [6.07, 6.45) is 3.83. The number of nitrogens with zero attached hydrogens (tertiary/aromatic N) is 1. The Balaban J connectivity index is 1.80.